The van der Waals surface area contributed by atoms with E-state index in [1.54, 1.807) is 0 Å². The fourth-order valence-corrected chi connectivity index (χ4v) is 5.20. The minimum absolute atomic E-state index is 0.117. The van der Waals surface area contributed by atoms with E-state index in [9.17, 15) is 4.57 Å². The Bertz CT molecular complexity index is 245. The molecule has 0 amide bonds. The van der Waals surface area contributed by atoms with Gasteiger partial charge in [0.05, 0.1) is 18.8 Å². The molecule has 2 N–H and O–H groups in total. The summed E-state index contributed by atoms with van der Waals surface area (Å²) >= 11 is 5.90. The van der Waals surface area contributed by atoms with Crippen molar-refractivity contribution >= 4 is 18.7 Å². The molecule has 2 unspecified atom stereocenters. The Hall–Kier alpha value is 0.360. The fourth-order valence-electron chi connectivity index (χ4n) is 2.00. The van der Waals surface area contributed by atoms with Crippen molar-refractivity contribution in [3.63, 3.8) is 0 Å². The average molecular weight is 269 g/mol. The molecule has 2 heterocycles. The number of nitrogens with one attached hydrogen (secondary N) is 2. The molecule has 0 aromatic heterocycles. The second-order valence-corrected chi connectivity index (χ2v) is 7.85. The van der Waals surface area contributed by atoms with E-state index >= 15 is 0 Å². The van der Waals surface area contributed by atoms with Gasteiger partial charge in [-0.3, -0.25) is 0 Å². The molecule has 16 heavy (non-hydrogen) atoms. The van der Waals surface area contributed by atoms with E-state index in [1.807, 2.05) is 0 Å². The van der Waals surface area contributed by atoms with Gasteiger partial charge in [0.1, 0.15) is 11.7 Å². The summed E-state index contributed by atoms with van der Waals surface area (Å²) in [7, 11) is -2.66. The fraction of sp³-hybridized carbons (Fsp3) is 1.00. The standard InChI is InChI=1S/C9H18ClN2O3P/c10-7-16(13,8-5-11-1-3-14-8)9-6-12-2-4-15-9/h8-9,11-12H,1-7H2. The highest BCUT2D eigenvalue weighted by Crippen LogP contribution is 2.57. The van der Waals surface area contributed by atoms with Crippen LogP contribution in [0.1, 0.15) is 0 Å². The van der Waals surface area contributed by atoms with Crippen LogP contribution >= 0.6 is 18.7 Å². The van der Waals surface area contributed by atoms with E-state index < -0.39 is 7.14 Å². The summed E-state index contributed by atoms with van der Waals surface area (Å²) in [6.45, 7) is 4.00. The molecule has 7 heteroatoms. The molecule has 0 radical (unpaired) electrons. The van der Waals surface area contributed by atoms with Crippen LogP contribution in [0, 0.1) is 0 Å². The number of alkyl halides is 1. The van der Waals surface area contributed by atoms with Crippen LogP contribution in [0.25, 0.3) is 0 Å². The number of hydrogen-bond donors (Lipinski definition) is 2. The first-order chi connectivity index (χ1) is 7.77. The van der Waals surface area contributed by atoms with Gasteiger partial charge < -0.3 is 24.7 Å². The molecular weight excluding hydrogens is 251 g/mol. The number of hydrogen-bond acceptors (Lipinski definition) is 5. The van der Waals surface area contributed by atoms with Gasteiger partial charge in [-0.1, -0.05) is 0 Å². The zero-order valence-corrected chi connectivity index (χ0v) is 10.8. The summed E-state index contributed by atoms with van der Waals surface area (Å²) < 4.78 is 24.0. The van der Waals surface area contributed by atoms with Crippen LogP contribution in [0.4, 0.5) is 0 Å². The Morgan fingerprint density at radius 2 is 1.62 bits per heavy atom. The Morgan fingerprint density at radius 1 is 1.12 bits per heavy atom. The monoisotopic (exact) mass is 268 g/mol. The van der Waals surface area contributed by atoms with Crippen LogP contribution in [0.2, 0.25) is 0 Å². The smallest absolute Gasteiger partial charge is 0.159 e. The van der Waals surface area contributed by atoms with E-state index in [0.717, 1.165) is 13.1 Å². The lowest BCUT2D eigenvalue weighted by molar-refractivity contribution is 0.0508. The van der Waals surface area contributed by atoms with Crippen molar-refractivity contribution in [2.24, 2.45) is 0 Å². The van der Waals surface area contributed by atoms with Gasteiger partial charge in [-0.05, 0) is 0 Å². The average Bonchev–Trinajstić information content (AvgIpc) is 2.40. The van der Waals surface area contributed by atoms with Gasteiger partial charge in [0.2, 0.25) is 0 Å². The minimum Gasteiger partial charge on any atom is -0.368 e. The van der Waals surface area contributed by atoms with Gasteiger partial charge in [0.25, 0.3) is 0 Å². The molecule has 2 aliphatic heterocycles. The van der Waals surface area contributed by atoms with Crippen LogP contribution in [-0.4, -0.2) is 56.7 Å². The van der Waals surface area contributed by atoms with Gasteiger partial charge in [0, 0.05) is 26.2 Å². The third-order valence-electron chi connectivity index (χ3n) is 2.98. The number of rotatable bonds is 3. The minimum atomic E-state index is -2.66. The SMILES string of the molecule is O=P(CCl)(C1CNCCO1)C1CNCCO1. The van der Waals surface area contributed by atoms with Crippen molar-refractivity contribution in [2.45, 2.75) is 11.7 Å². The van der Waals surface area contributed by atoms with Crippen molar-refractivity contribution in [1.29, 1.82) is 0 Å². The lowest BCUT2D eigenvalue weighted by Gasteiger charge is -2.36. The predicted molar refractivity (Wildman–Crippen MR) is 63.5 cm³/mol. The highest BCUT2D eigenvalue weighted by atomic mass is 35.5. The van der Waals surface area contributed by atoms with Crippen molar-refractivity contribution in [2.75, 3.05) is 45.0 Å². The summed E-state index contributed by atoms with van der Waals surface area (Å²) in [5.74, 6) is -0.604. The highest BCUT2D eigenvalue weighted by molar-refractivity contribution is 7.66. The van der Waals surface area contributed by atoms with Crippen molar-refractivity contribution in [3.8, 4) is 0 Å². The molecule has 2 rings (SSSR count). The molecule has 0 aromatic rings. The van der Waals surface area contributed by atoms with Crippen LogP contribution in [0.3, 0.4) is 0 Å². The van der Waals surface area contributed by atoms with Crippen LogP contribution in [-0.2, 0) is 14.0 Å². The molecule has 0 aliphatic carbocycles. The quantitative estimate of drug-likeness (QED) is 0.575. The summed E-state index contributed by atoms with van der Waals surface area (Å²) in [6, 6.07) is 0. The summed E-state index contributed by atoms with van der Waals surface area (Å²) in [6.07, 6.45) is 0. The van der Waals surface area contributed by atoms with Gasteiger partial charge in [0.15, 0.2) is 7.14 Å². The first-order valence-electron chi connectivity index (χ1n) is 5.56. The zero-order valence-electron chi connectivity index (χ0n) is 9.15. The second kappa shape index (κ2) is 5.80. The molecule has 2 fully saturated rings. The van der Waals surface area contributed by atoms with Crippen molar-refractivity contribution < 1.29 is 14.0 Å². The summed E-state index contributed by atoms with van der Waals surface area (Å²) in [5, 5.41) is 6.36. The molecule has 0 spiro atoms. The number of morpholine rings is 2. The number of ether oxygens (including phenoxy) is 2. The van der Waals surface area contributed by atoms with Crippen molar-refractivity contribution in [1.82, 2.24) is 10.6 Å². The van der Waals surface area contributed by atoms with Gasteiger partial charge in [-0.25, -0.2) is 0 Å². The molecule has 0 bridgehead atoms. The van der Waals surface area contributed by atoms with E-state index in [4.69, 9.17) is 21.1 Å². The zero-order chi connectivity index (χ0) is 11.4. The van der Waals surface area contributed by atoms with Crippen LogP contribution < -0.4 is 10.6 Å². The Balaban J connectivity index is 2.06. The van der Waals surface area contributed by atoms with Gasteiger partial charge in [-0.2, -0.15) is 0 Å². The molecule has 2 aliphatic rings. The molecule has 0 saturated carbocycles. The summed E-state index contributed by atoms with van der Waals surface area (Å²) in [4.78, 5) is 0. The lowest BCUT2D eigenvalue weighted by atomic mass is 10.5. The van der Waals surface area contributed by atoms with Crippen LogP contribution in [0.15, 0.2) is 0 Å². The maximum Gasteiger partial charge on any atom is 0.159 e. The molecule has 2 saturated heterocycles. The van der Waals surface area contributed by atoms with E-state index in [2.05, 4.69) is 10.6 Å². The second-order valence-electron chi connectivity index (χ2n) is 4.03. The first kappa shape index (κ1) is 12.8. The van der Waals surface area contributed by atoms with E-state index in [0.29, 0.717) is 26.3 Å². The Labute approximate surface area is 101 Å². The van der Waals surface area contributed by atoms with E-state index in [-0.39, 0.29) is 17.3 Å². The predicted octanol–water partition coefficient (Wildman–Crippen LogP) is 0.438. The van der Waals surface area contributed by atoms with Gasteiger partial charge in [-0.15, -0.1) is 11.6 Å². The molecular formula is C9H18ClN2O3P. The highest BCUT2D eigenvalue weighted by Gasteiger charge is 2.42. The van der Waals surface area contributed by atoms with Crippen LogP contribution in [0.5, 0.6) is 0 Å². The maximum absolute atomic E-state index is 12.8. The van der Waals surface area contributed by atoms with Gasteiger partial charge >= 0.3 is 0 Å². The lowest BCUT2D eigenvalue weighted by Crippen LogP contribution is -2.45. The largest absolute Gasteiger partial charge is 0.368 e. The summed E-state index contributed by atoms with van der Waals surface area (Å²) in [5.41, 5.74) is 0.117. The molecule has 94 valence electrons. The molecule has 5 nitrogen and oxygen atoms in total. The number of halogens is 1. The van der Waals surface area contributed by atoms with E-state index in [1.165, 1.54) is 0 Å². The maximum atomic E-state index is 12.8. The first-order valence-corrected chi connectivity index (χ1v) is 8.13. The Morgan fingerprint density at radius 3 is 1.94 bits per heavy atom. The Kier molecular flexibility index (Phi) is 4.65. The molecule has 2 atom stereocenters. The topological polar surface area (TPSA) is 59.6 Å². The van der Waals surface area contributed by atoms with Crippen molar-refractivity contribution in [3.05, 3.63) is 0 Å². The molecule has 0 aromatic carbocycles. The third kappa shape index (κ3) is 2.61. The third-order valence-corrected chi connectivity index (χ3v) is 7.09. The normalized spacial score (nSPS) is 35.6.